The standard InChI is InChI=1S/C9H4ClN3S/c10-9-5-1-8-7(13-4-14-8)2-6(5)11-3-12-9/h1-4H. The molecule has 0 fully saturated rings. The summed E-state index contributed by atoms with van der Waals surface area (Å²) in [5.41, 5.74) is 3.60. The monoisotopic (exact) mass is 221 g/mol. The maximum absolute atomic E-state index is 5.96. The summed E-state index contributed by atoms with van der Waals surface area (Å²) in [5, 5.41) is 1.37. The van der Waals surface area contributed by atoms with Gasteiger partial charge < -0.3 is 0 Å². The second-order valence-corrected chi connectivity index (χ2v) is 4.10. The number of nitrogens with zero attached hydrogens (tertiary/aromatic N) is 3. The molecule has 0 N–H and O–H groups in total. The lowest BCUT2D eigenvalue weighted by molar-refractivity contribution is 1.22. The smallest absolute Gasteiger partial charge is 0.140 e. The van der Waals surface area contributed by atoms with Crippen molar-refractivity contribution in [3.8, 4) is 0 Å². The van der Waals surface area contributed by atoms with Crippen molar-refractivity contribution >= 4 is 44.1 Å². The van der Waals surface area contributed by atoms with E-state index < -0.39 is 0 Å². The van der Waals surface area contributed by atoms with Gasteiger partial charge in [0.1, 0.15) is 11.5 Å². The van der Waals surface area contributed by atoms with Gasteiger partial charge >= 0.3 is 0 Å². The SMILES string of the molecule is Clc1ncnc2cc3ncsc3cc12. The quantitative estimate of drug-likeness (QED) is 0.548. The molecule has 0 radical (unpaired) electrons. The van der Waals surface area contributed by atoms with E-state index in [0.717, 1.165) is 21.1 Å². The third kappa shape index (κ3) is 1.08. The molecule has 2 aromatic heterocycles. The fourth-order valence-corrected chi connectivity index (χ4v) is 2.27. The Morgan fingerprint density at radius 1 is 1.07 bits per heavy atom. The lowest BCUT2D eigenvalue weighted by atomic mass is 10.2. The minimum atomic E-state index is 0.491. The van der Waals surface area contributed by atoms with E-state index in [9.17, 15) is 0 Å². The van der Waals surface area contributed by atoms with Gasteiger partial charge in [-0.3, -0.25) is 0 Å². The highest BCUT2D eigenvalue weighted by Crippen LogP contribution is 2.26. The maximum atomic E-state index is 5.96. The number of rotatable bonds is 0. The number of hydrogen-bond donors (Lipinski definition) is 0. The van der Waals surface area contributed by atoms with E-state index in [2.05, 4.69) is 15.0 Å². The second-order valence-electron chi connectivity index (χ2n) is 2.85. The lowest BCUT2D eigenvalue weighted by Gasteiger charge is -1.97. The first-order valence-electron chi connectivity index (χ1n) is 3.98. The molecule has 2 heterocycles. The molecule has 3 rings (SSSR count). The molecule has 3 aromatic rings. The van der Waals surface area contributed by atoms with Crippen LogP contribution in [0.25, 0.3) is 21.1 Å². The van der Waals surface area contributed by atoms with E-state index in [1.54, 1.807) is 11.3 Å². The van der Waals surface area contributed by atoms with Gasteiger partial charge in [0.15, 0.2) is 0 Å². The van der Waals surface area contributed by atoms with Crippen LogP contribution in [0.3, 0.4) is 0 Å². The van der Waals surface area contributed by atoms with Gasteiger partial charge in [-0.15, -0.1) is 11.3 Å². The van der Waals surface area contributed by atoms with E-state index in [1.165, 1.54) is 6.33 Å². The minimum Gasteiger partial charge on any atom is -0.245 e. The fourth-order valence-electron chi connectivity index (χ4n) is 1.38. The van der Waals surface area contributed by atoms with Gasteiger partial charge in [-0.2, -0.15) is 0 Å². The van der Waals surface area contributed by atoms with Crippen LogP contribution in [-0.4, -0.2) is 15.0 Å². The van der Waals surface area contributed by atoms with Crippen molar-refractivity contribution in [2.24, 2.45) is 0 Å². The molecule has 14 heavy (non-hydrogen) atoms. The van der Waals surface area contributed by atoms with Gasteiger partial charge in [-0.1, -0.05) is 11.6 Å². The molecule has 3 nitrogen and oxygen atoms in total. The number of benzene rings is 1. The maximum Gasteiger partial charge on any atom is 0.140 e. The summed E-state index contributed by atoms with van der Waals surface area (Å²) in [7, 11) is 0. The zero-order valence-corrected chi connectivity index (χ0v) is 8.51. The lowest BCUT2D eigenvalue weighted by Crippen LogP contribution is -1.83. The van der Waals surface area contributed by atoms with Crippen LogP contribution in [-0.2, 0) is 0 Å². The topological polar surface area (TPSA) is 38.7 Å². The normalized spacial score (nSPS) is 11.2. The summed E-state index contributed by atoms with van der Waals surface area (Å²) in [6.45, 7) is 0. The first kappa shape index (κ1) is 8.08. The van der Waals surface area contributed by atoms with Crippen LogP contribution in [0.4, 0.5) is 0 Å². The van der Waals surface area contributed by atoms with Crippen LogP contribution in [0, 0.1) is 0 Å². The predicted molar refractivity (Wildman–Crippen MR) is 57.7 cm³/mol. The van der Waals surface area contributed by atoms with Gasteiger partial charge in [-0.25, -0.2) is 15.0 Å². The summed E-state index contributed by atoms with van der Waals surface area (Å²) in [5.74, 6) is 0. The number of halogens is 1. The molecule has 0 aliphatic carbocycles. The molecule has 5 heteroatoms. The average Bonchev–Trinajstić information content (AvgIpc) is 2.62. The van der Waals surface area contributed by atoms with E-state index >= 15 is 0 Å². The third-order valence-electron chi connectivity index (χ3n) is 2.04. The molecule has 68 valence electrons. The number of thiazole rings is 1. The van der Waals surface area contributed by atoms with Gasteiger partial charge in [-0.05, 0) is 12.1 Å². The summed E-state index contributed by atoms with van der Waals surface area (Å²) < 4.78 is 1.11. The Bertz CT molecular complexity index is 620. The van der Waals surface area contributed by atoms with Crippen molar-refractivity contribution in [1.29, 1.82) is 0 Å². The molecule has 0 aliphatic rings. The number of aromatic nitrogens is 3. The molecule has 0 saturated heterocycles. The molecule has 0 unspecified atom stereocenters. The Hall–Kier alpha value is -1.26. The molecular formula is C9H4ClN3S. The van der Waals surface area contributed by atoms with Gasteiger partial charge in [0.2, 0.25) is 0 Å². The van der Waals surface area contributed by atoms with Gasteiger partial charge in [0.25, 0.3) is 0 Å². The largest absolute Gasteiger partial charge is 0.245 e. The van der Waals surface area contributed by atoms with Crippen molar-refractivity contribution in [3.05, 3.63) is 29.1 Å². The molecule has 0 spiro atoms. The highest BCUT2D eigenvalue weighted by Gasteiger charge is 2.04. The second kappa shape index (κ2) is 2.87. The minimum absolute atomic E-state index is 0.491. The Balaban J connectivity index is 2.57. The molecule has 1 aromatic carbocycles. The van der Waals surface area contributed by atoms with Crippen molar-refractivity contribution in [2.75, 3.05) is 0 Å². The van der Waals surface area contributed by atoms with E-state index in [1.807, 2.05) is 17.6 Å². The van der Waals surface area contributed by atoms with Crippen molar-refractivity contribution < 1.29 is 0 Å². The summed E-state index contributed by atoms with van der Waals surface area (Å²) in [6, 6.07) is 3.90. The summed E-state index contributed by atoms with van der Waals surface area (Å²) in [4.78, 5) is 12.3. The van der Waals surface area contributed by atoms with Crippen LogP contribution < -0.4 is 0 Å². The summed E-state index contributed by atoms with van der Waals surface area (Å²) >= 11 is 7.54. The zero-order valence-electron chi connectivity index (χ0n) is 6.94. The molecule has 0 amide bonds. The van der Waals surface area contributed by atoms with E-state index in [-0.39, 0.29) is 0 Å². The van der Waals surface area contributed by atoms with Crippen LogP contribution in [0.15, 0.2) is 24.0 Å². The Morgan fingerprint density at radius 3 is 2.93 bits per heavy atom. The molecule has 0 atom stereocenters. The number of hydrogen-bond acceptors (Lipinski definition) is 4. The molecular weight excluding hydrogens is 218 g/mol. The van der Waals surface area contributed by atoms with Gasteiger partial charge in [0.05, 0.1) is 21.2 Å². The third-order valence-corrected chi connectivity index (χ3v) is 3.13. The Kier molecular flexibility index (Phi) is 1.65. The summed E-state index contributed by atoms with van der Waals surface area (Å²) in [6.07, 6.45) is 1.46. The predicted octanol–water partition coefficient (Wildman–Crippen LogP) is 2.89. The fraction of sp³-hybridized carbons (Fsp3) is 0. The van der Waals surface area contributed by atoms with E-state index in [4.69, 9.17) is 11.6 Å². The number of fused-ring (bicyclic) bond motifs is 2. The zero-order chi connectivity index (χ0) is 9.54. The molecule has 0 bridgehead atoms. The van der Waals surface area contributed by atoms with Gasteiger partial charge in [0, 0.05) is 5.39 Å². The Morgan fingerprint density at radius 2 is 2.00 bits per heavy atom. The van der Waals surface area contributed by atoms with Crippen LogP contribution in [0.1, 0.15) is 0 Å². The van der Waals surface area contributed by atoms with Crippen molar-refractivity contribution in [2.45, 2.75) is 0 Å². The van der Waals surface area contributed by atoms with Crippen LogP contribution >= 0.6 is 22.9 Å². The van der Waals surface area contributed by atoms with Crippen molar-refractivity contribution in [1.82, 2.24) is 15.0 Å². The van der Waals surface area contributed by atoms with E-state index in [0.29, 0.717) is 5.15 Å². The molecule has 0 aliphatic heterocycles. The Labute approximate surface area is 88.4 Å². The van der Waals surface area contributed by atoms with Crippen molar-refractivity contribution in [3.63, 3.8) is 0 Å². The molecule has 0 saturated carbocycles. The van der Waals surface area contributed by atoms with Crippen LogP contribution in [0.2, 0.25) is 5.15 Å². The first-order chi connectivity index (χ1) is 6.84. The average molecular weight is 222 g/mol. The highest BCUT2D eigenvalue weighted by atomic mass is 35.5. The highest BCUT2D eigenvalue weighted by molar-refractivity contribution is 7.16. The first-order valence-corrected chi connectivity index (χ1v) is 5.24. The van der Waals surface area contributed by atoms with Crippen LogP contribution in [0.5, 0.6) is 0 Å².